The molecule has 0 spiro atoms. The van der Waals surface area contributed by atoms with Gasteiger partial charge in [-0.1, -0.05) is 24.1 Å². The number of imidazole rings is 1. The van der Waals surface area contributed by atoms with Crippen LogP contribution in [0.3, 0.4) is 0 Å². The first kappa shape index (κ1) is 27.7. The summed E-state index contributed by atoms with van der Waals surface area (Å²) in [6, 6.07) is 6.18. The summed E-state index contributed by atoms with van der Waals surface area (Å²) in [6.45, 7) is 8.45. The number of aromatic amines is 1. The van der Waals surface area contributed by atoms with Crippen molar-refractivity contribution in [2.75, 3.05) is 19.4 Å². The number of aromatic nitrogens is 4. The van der Waals surface area contributed by atoms with Crippen molar-refractivity contribution in [2.45, 2.75) is 66.5 Å². The lowest BCUT2D eigenvalue weighted by molar-refractivity contribution is 0.219. The van der Waals surface area contributed by atoms with Gasteiger partial charge in [-0.05, 0) is 63.6 Å². The molecule has 3 rings (SSSR count). The zero-order valence-corrected chi connectivity index (χ0v) is 22.4. The summed E-state index contributed by atoms with van der Waals surface area (Å²) in [4.78, 5) is 33.9. The van der Waals surface area contributed by atoms with Crippen LogP contribution >= 0.6 is 7.60 Å². The molecular formula is C26H35N4O5P. The number of nitrogens with one attached hydrogen (secondary N) is 1. The van der Waals surface area contributed by atoms with Gasteiger partial charge in [0, 0.05) is 13.0 Å². The van der Waals surface area contributed by atoms with Gasteiger partial charge in [-0.25, -0.2) is 14.3 Å². The Morgan fingerprint density at radius 2 is 1.72 bits per heavy atom. The topological polar surface area (TPSA) is 108 Å². The van der Waals surface area contributed by atoms with E-state index in [1.807, 2.05) is 6.07 Å². The lowest BCUT2D eigenvalue weighted by Gasteiger charge is -2.17. The Morgan fingerprint density at radius 3 is 2.33 bits per heavy atom. The van der Waals surface area contributed by atoms with Crippen molar-refractivity contribution in [3.63, 3.8) is 0 Å². The van der Waals surface area contributed by atoms with Crippen LogP contribution in [0.25, 0.3) is 11.2 Å². The summed E-state index contributed by atoms with van der Waals surface area (Å²) >= 11 is 0. The molecule has 194 valence electrons. The van der Waals surface area contributed by atoms with Gasteiger partial charge in [0.1, 0.15) is 11.3 Å². The second kappa shape index (κ2) is 12.4. The third-order valence-electron chi connectivity index (χ3n) is 6.13. The van der Waals surface area contributed by atoms with E-state index in [2.05, 4.69) is 41.9 Å². The van der Waals surface area contributed by atoms with Gasteiger partial charge in [-0.3, -0.25) is 13.9 Å². The lowest BCUT2D eigenvalue weighted by atomic mass is 9.99. The fraction of sp³-hybridized carbons (Fsp3) is 0.500. The van der Waals surface area contributed by atoms with Crippen LogP contribution in [-0.2, 0) is 39.5 Å². The van der Waals surface area contributed by atoms with E-state index in [1.165, 1.54) is 21.3 Å². The van der Waals surface area contributed by atoms with Crippen molar-refractivity contribution in [3.8, 4) is 12.3 Å². The van der Waals surface area contributed by atoms with Gasteiger partial charge in [-0.15, -0.1) is 6.42 Å². The molecule has 1 N–H and O–H groups in total. The Hall–Kier alpha value is -2.92. The summed E-state index contributed by atoms with van der Waals surface area (Å²) in [5.74, 6) is 3.02. The maximum atomic E-state index is 13.1. The molecule has 0 saturated heterocycles. The fourth-order valence-electron chi connectivity index (χ4n) is 4.39. The predicted molar refractivity (Wildman–Crippen MR) is 142 cm³/mol. The zero-order valence-electron chi connectivity index (χ0n) is 21.5. The van der Waals surface area contributed by atoms with Crippen LogP contribution in [0.5, 0.6) is 0 Å². The molecule has 1 aromatic carbocycles. The molecule has 9 nitrogen and oxygen atoms in total. The molecule has 2 aromatic heterocycles. The molecule has 0 radical (unpaired) electrons. The second-order valence-electron chi connectivity index (χ2n) is 8.66. The Balaban J connectivity index is 1.88. The number of aryl methyl sites for hydroxylation is 4. The van der Waals surface area contributed by atoms with Gasteiger partial charge in [0.05, 0.1) is 25.9 Å². The third kappa shape index (κ3) is 6.25. The second-order valence-corrected chi connectivity index (χ2v) is 10.8. The van der Waals surface area contributed by atoms with Gasteiger partial charge < -0.3 is 14.0 Å². The van der Waals surface area contributed by atoms with Crippen molar-refractivity contribution >= 4 is 18.8 Å². The Labute approximate surface area is 211 Å². The first-order valence-corrected chi connectivity index (χ1v) is 14.1. The van der Waals surface area contributed by atoms with Gasteiger partial charge >= 0.3 is 13.3 Å². The number of fused-ring (bicyclic) bond motifs is 1. The molecule has 0 atom stereocenters. The third-order valence-corrected chi connectivity index (χ3v) is 8.30. The molecule has 3 aromatic rings. The minimum Gasteiger partial charge on any atom is -0.336 e. The van der Waals surface area contributed by atoms with E-state index >= 15 is 0 Å². The number of H-pyrrole nitrogens is 1. The molecule has 10 heteroatoms. The molecule has 0 unspecified atom stereocenters. The minimum atomic E-state index is -3.16. The molecule has 0 aliphatic carbocycles. The molecule has 0 fully saturated rings. The van der Waals surface area contributed by atoms with Crippen molar-refractivity contribution < 1.29 is 13.6 Å². The van der Waals surface area contributed by atoms with Gasteiger partial charge in [-0.2, -0.15) is 0 Å². The van der Waals surface area contributed by atoms with Crippen molar-refractivity contribution in [1.82, 2.24) is 19.1 Å². The van der Waals surface area contributed by atoms with E-state index in [-0.39, 0.29) is 18.2 Å². The zero-order chi connectivity index (χ0) is 26.3. The summed E-state index contributed by atoms with van der Waals surface area (Å²) < 4.78 is 25.9. The normalized spacial score (nSPS) is 11.8. The highest BCUT2D eigenvalue weighted by Gasteiger charge is 2.23. The van der Waals surface area contributed by atoms with E-state index in [4.69, 9.17) is 15.5 Å². The highest BCUT2D eigenvalue weighted by atomic mass is 31.2. The van der Waals surface area contributed by atoms with Crippen LogP contribution in [0.2, 0.25) is 0 Å². The maximum Gasteiger partial charge on any atom is 0.333 e. The molecule has 36 heavy (non-hydrogen) atoms. The van der Waals surface area contributed by atoms with Crippen molar-refractivity contribution in [3.05, 3.63) is 61.6 Å². The van der Waals surface area contributed by atoms with E-state index in [1.54, 1.807) is 13.8 Å². The quantitative estimate of drug-likeness (QED) is 0.210. The van der Waals surface area contributed by atoms with E-state index in [0.717, 1.165) is 11.0 Å². The maximum absolute atomic E-state index is 13.1. The minimum absolute atomic E-state index is 0.131. The van der Waals surface area contributed by atoms with Crippen LogP contribution < -0.4 is 11.2 Å². The number of hydrogen-bond donors (Lipinski definition) is 1. The number of hydrogen-bond acceptors (Lipinski definition) is 6. The fourth-order valence-corrected chi connectivity index (χ4v) is 6.12. The first-order chi connectivity index (χ1) is 17.2. The molecule has 0 amide bonds. The van der Waals surface area contributed by atoms with Crippen molar-refractivity contribution in [1.29, 1.82) is 0 Å². The number of unbranched alkanes of at least 4 members (excludes halogenated alkanes) is 1. The van der Waals surface area contributed by atoms with Gasteiger partial charge in [0.2, 0.25) is 0 Å². The predicted octanol–water partition coefficient (Wildman–Crippen LogP) is 3.97. The smallest absolute Gasteiger partial charge is 0.333 e. The highest BCUT2D eigenvalue weighted by molar-refractivity contribution is 7.53. The monoisotopic (exact) mass is 514 g/mol. The largest absolute Gasteiger partial charge is 0.336 e. The molecule has 0 aliphatic heterocycles. The molecule has 0 aliphatic rings. The van der Waals surface area contributed by atoms with Crippen LogP contribution in [0.4, 0.5) is 0 Å². The van der Waals surface area contributed by atoms with Crippen LogP contribution in [0, 0.1) is 26.2 Å². The molecular weight excluding hydrogens is 479 g/mol. The number of rotatable bonds is 13. The Kier molecular flexibility index (Phi) is 9.49. The summed E-state index contributed by atoms with van der Waals surface area (Å²) in [7, 11) is -3.16. The van der Waals surface area contributed by atoms with E-state index < -0.39 is 18.8 Å². The SMILES string of the molecule is C#CCn1c(=O)c2[nH]c(CCc3c(C)cccc3C)nc2n(CCCCP(=O)(OCC)OCC)c1=O. The van der Waals surface area contributed by atoms with E-state index in [9.17, 15) is 14.2 Å². The van der Waals surface area contributed by atoms with Crippen LogP contribution in [0.1, 0.15) is 49.2 Å². The summed E-state index contributed by atoms with van der Waals surface area (Å²) in [6.07, 6.45) is 8.06. The average Bonchev–Trinajstić information content (AvgIpc) is 3.25. The number of benzene rings is 1. The Morgan fingerprint density at radius 1 is 1.06 bits per heavy atom. The van der Waals surface area contributed by atoms with Crippen molar-refractivity contribution in [2.24, 2.45) is 0 Å². The Bertz CT molecular complexity index is 1380. The highest BCUT2D eigenvalue weighted by Crippen LogP contribution is 2.48. The van der Waals surface area contributed by atoms with Crippen LogP contribution in [-0.4, -0.2) is 38.5 Å². The lowest BCUT2D eigenvalue weighted by Crippen LogP contribution is -2.40. The molecule has 0 saturated carbocycles. The standard InChI is InChI=1S/C26H35N4O5P/c1-6-16-30-25(31)23-24(28-22(27-23)15-14-21-19(4)12-11-13-20(21)5)29(26(30)32)17-9-10-18-36(33,34-7-2)35-8-3/h1,11-13H,7-10,14-18H2,2-5H3,(H,27,28). The summed E-state index contributed by atoms with van der Waals surface area (Å²) in [5.41, 5.74) is 3.24. The molecule has 0 bridgehead atoms. The summed E-state index contributed by atoms with van der Waals surface area (Å²) in [5, 5.41) is 0. The van der Waals surface area contributed by atoms with Gasteiger partial charge in [0.25, 0.3) is 5.56 Å². The van der Waals surface area contributed by atoms with Gasteiger partial charge in [0.15, 0.2) is 5.65 Å². The first-order valence-electron chi connectivity index (χ1n) is 12.3. The average molecular weight is 515 g/mol. The van der Waals surface area contributed by atoms with E-state index in [0.29, 0.717) is 50.5 Å². The number of nitrogens with zero attached hydrogens (tertiary/aromatic N) is 3. The molecule has 2 heterocycles. The van der Waals surface area contributed by atoms with Crippen LogP contribution in [0.15, 0.2) is 27.8 Å². The number of terminal acetylenes is 1.